The minimum absolute atomic E-state index is 0.00648. The number of ether oxygens (including phenoxy) is 2. The summed E-state index contributed by atoms with van der Waals surface area (Å²) in [6.07, 6.45) is 0.0116. The Morgan fingerprint density at radius 2 is 2.00 bits per heavy atom. The van der Waals surface area contributed by atoms with Gasteiger partial charge in [-0.25, -0.2) is 4.79 Å². The fourth-order valence-electron chi connectivity index (χ4n) is 3.17. The van der Waals surface area contributed by atoms with E-state index in [4.69, 9.17) is 9.47 Å². The van der Waals surface area contributed by atoms with E-state index in [1.807, 2.05) is 45.0 Å². The van der Waals surface area contributed by atoms with Crippen LogP contribution in [0.4, 0.5) is 0 Å². The topological polar surface area (TPSA) is 55.8 Å². The molecule has 0 aromatic heterocycles. The molecule has 2 rings (SSSR count). The van der Waals surface area contributed by atoms with E-state index >= 15 is 0 Å². The van der Waals surface area contributed by atoms with Crippen LogP contribution in [0.2, 0.25) is 0 Å². The van der Waals surface area contributed by atoms with Gasteiger partial charge >= 0.3 is 5.97 Å². The normalized spacial score (nSPS) is 18.2. The number of hydrogen-bond donors (Lipinski definition) is 0. The third-order valence-corrected chi connectivity index (χ3v) is 4.22. The van der Waals surface area contributed by atoms with Crippen molar-refractivity contribution >= 4 is 11.9 Å². The predicted molar refractivity (Wildman–Crippen MR) is 91.7 cm³/mol. The van der Waals surface area contributed by atoms with Crippen LogP contribution in [-0.2, 0) is 14.3 Å². The second-order valence-electron chi connectivity index (χ2n) is 6.09. The summed E-state index contributed by atoms with van der Waals surface area (Å²) in [5.41, 5.74) is 2.03. The number of carbonyl (C=O) groups is 2. The second-order valence-corrected chi connectivity index (χ2v) is 6.09. The second kappa shape index (κ2) is 7.51. The fraction of sp³-hybridized carbons (Fsp3) is 0.474. The molecule has 130 valence electrons. The van der Waals surface area contributed by atoms with Crippen molar-refractivity contribution in [3.63, 3.8) is 0 Å². The van der Waals surface area contributed by atoms with E-state index in [0.29, 0.717) is 23.6 Å². The number of benzene rings is 1. The molecule has 0 saturated heterocycles. The Kier molecular flexibility index (Phi) is 5.65. The molecule has 0 spiro atoms. The molecule has 0 saturated carbocycles. The van der Waals surface area contributed by atoms with Gasteiger partial charge in [-0.05, 0) is 33.8 Å². The molecule has 24 heavy (non-hydrogen) atoms. The van der Waals surface area contributed by atoms with Gasteiger partial charge in [0.2, 0.25) is 5.91 Å². The van der Waals surface area contributed by atoms with Crippen molar-refractivity contribution in [1.82, 2.24) is 4.90 Å². The molecule has 0 radical (unpaired) electrons. The number of rotatable bonds is 5. The molecule has 0 aliphatic carbocycles. The van der Waals surface area contributed by atoms with Crippen LogP contribution in [0.5, 0.6) is 5.75 Å². The number of methoxy groups -OCH3 is 1. The molecule has 1 unspecified atom stereocenters. The van der Waals surface area contributed by atoms with Crippen LogP contribution in [0.3, 0.4) is 0 Å². The smallest absolute Gasteiger partial charge is 0.336 e. The summed E-state index contributed by atoms with van der Waals surface area (Å²) in [5, 5.41) is 0. The summed E-state index contributed by atoms with van der Waals surface area (Å²) in [7, 11) is 1.59. The first kappa shape index (κ1) is 18.0. The van der Waals surface area contributed by atoms with E-state index in [-0.39, 0.29) is 30.3 Å². The van der Waals surface area contributed by atoms with E-state index in [9.17, 15) is 9.59 Å². The van der Waals surface area contributed by atoms with E-state index < -0.39 is 0 Å². The van der Waals surface area contributed by atoms with Crippen molar-refractivity contribution in [1.29, 1.82) is 0 Å². The molecule has 5 nitrogen and oxygen atoms in total. The third kappa shape index (κ3) is 3.45. The largest absolute Gasteiger partial charge is 0.496 e. The summed E-state index contributed by atoms with van der Waals surface area (Å²) < 4.78 is 10.9. The minimum Gasteiger partial charge on any atom is -0.496 e. The lowest BCUT2D eigenvalue weighted by Gasteiger charge is -2.34. The van der Waals surface area contributed by atoms with E-state index in [2.05, 4.69) is 0 Å². The number of nitrogens with zero attached hydrogens (tertiary/aromatic N) is 1. The molecule has 1 aliphatic heterocycles. The Bertz CT molecular complexity index is 663. The summed E-state index contributed by atoms with van der Waals surface area (Å²) in [6.45, 7) is 7.87. The van der Waals surface area contributed by atoms with Gasteiger partial charge in [-0.2, -0.15) is 0 Å². The van der Waals surface area contributed by atoms with Gasteiger partial charge in [0.15, 0.2) is 0 Å². The molecule has 1 aliphatic rings. The fourth-order valence-corrected chi connectivity index (χ4v) is 3.17. The van der Waals surface area contributed by atoms with Crippen LogP contribution in [-0.4, -0.2) is 36.5 Å². The molecule has 0 fully saturated rings. The van der Waals surface area contributed by atoms with E-state index in [1.54, 1.807) is 18.9 Å². The molecular weight excluding hydrogens is 306 g/mol. The maximum Gasteiger partial charge on any atom is 0.336 e. The Labute approximate surface area is 143 Å². The van der Waals surface area contributed by atoms with Gasteiger partial charge in [0.05, 0.1) is 18.8 Å². The molecule has 1 aromatic carbocycles. The number of allylic oxidation sites excluding steroid dienone is 1. The van der Waals surface area contributed by atoms with Crippen LogP contribution in [0, 0.1) is 0 Å². The summed E-state index contributed by atoms with van der Waals surface area (Å²) in [6, 6.07) is 7.49. The molecule has 0 bridgehead atoms. The van der Waals surface area contributed by atoms with Crippen LogP contribution in [0.15, 0.2) is 35.5 Å². The zero-order valence-corrected chi connectivity index (χ0v) is 15.0. The third-order valence-electron chi connectivity index (χ3n) is 4.22. The highest BCUT2D eigenvalue weighted by Gasteiger charge is 2.37. The van der Waals surface area contributed by atoms with E-state index in [0.717, 1.165) is 5.56 Å². The first-order valence-corrected chi connectivity index (χ1v) is 8.25. The van der Waals surface area contributed by atoms with Crippen molar-refractivity contribution < 1.29 is 19.1 Å². The Morgan fingerprint density at radius 1 is 1.33 bits per heavy atom. The van der Waals surface area contributed by atoms with Crippen molar-refractivity contribution in [2.75, 3.05) is 13.7 Å². The van der Waals surface area contributed by atoms with Gasteiger partial charge in [-0.1, -0.05) is 18.2 Å². The van der Waals surface area contributed by atoms with E-state index in [1.165, 1.54) is 0 Å². The van der Waals surface area contributed by atoms with Gasteiger partial charge in [0, 0.05) is 30.1 Å². The van der Waals surface area contributed by atoms with Crippen LogP contribution >= 0.6 is 0 Å². The van der Waals surface area contributed by atoms with Gasteiger partial charge in [-0.15, -0.1) is 0 Å². The maximum atomic E-state index is 12.7. The van der Waals surface area contributed by atoms with Crippen molar-refractivity contribution in [2.24, 2.45) is 0 Å². The van der Waals surface area contributed by atoms with Crippen LogP contribution in [0.25, 0.3) is 0 Å². The van der Waals surface area contributed by atoms with Crippen molar-refractivity contribution in [2.45, 2.75) is 46.1 Å². The molecule has 1 heterocycles. The monoisotopic (exact) mass is 331 g/mol. The average molecular weight is 331 g/mol. The summed E-state index contributed by atoms with van der Waals surface area (Å²) in [4.78, 5) is 26.9. The maximum absolute atomic E-state index is 12.7. The molecule has 1 atom stereocenters. The minimum atomic E-state index is -0.371. The van der Waals surface area contributed by atoms with Crippen LogP contribution < -0.4 is 4.74 Å². The zero-order valence-electron chi connectivity index (χ0n) is 15.0. The molecule has 0 N–H and O–H groups in total. The zero-order chi connectivity index (χ0) is 17.9. The molecular formula is C19H25NO4. The molecule has 1 amide bonds. The highest BCUT2D eigenvalue weighted by molar-refractivity contribution is 5.96. The highest BCUT2D eigenvalue weighted by Crippen LogP contribution is 2.40. The predicted octanol–water partition coefficient (Wildman–Crippen LogP) is 3.26. The number of carbonyl (C=O) groups excluding carboxylic acids is 2. The van der Waals surface area contributed by atoms with Crippen molar-refractivity contribution in [3.05, 3.63) is 41.1 Å². The average Bonchev–Trinajstić information content (AvgIpc) is 2.53. The Morgan fingerprint density at radius 3 is 2.58 bits per heavy atom. The lowest BCUT2D eigenvalue weighted by molar-refractivity contribution is -0.143. The first-order chi connectivity index (χ1) is 11.4. The highest BCUT2D eigenvalue weighted by atomic mass is 16.5. The lowest BCUT2D eigenvalue weighted by Crippen LogP contribution is -2.38. The molecule has 5 heteroatoms. The Hall–Kier alpha value is -2.30. The summed E-state index contributed by atoms with van der Waals surface area (Å²) in [5.74, 6) is -0.0537. The van der Waals surface area contributed by atoms with Gasteiger partial charge < -0.3 is 14.4 Å². The SMILES string of the molecule is CCN1C(=O)CC(c2ccccc2OC)C(C(=O)OC(C)C)=C1C. The lowest BCUT2D eigenvalue weighted by atomic mass is 9.83. The first-order valence-electron chi connectivity index (χ1n) is 8.25. The van der Waals surface area contributed by atoms with Gasteiger partial charge in [0.1, 0.15) is 5.75 Å². The number of esters is 1. The van der Waals surface area contributed by atoms with Crippen LogP contribution in [0.1, 0.15) is 45.6 Å². The van der Waals surface area contributed by atoms with Gasteiger partial charge in [-0.3, -0.25) is 4.79 Å². The molecule has 1 aromatic rings. The summed E-state index contributed by atoms with van der Waals surface area (Å²) >= 11 is 0. The number of hydrogen-bond acceptors (Lipinski definition) is 4. The van der Waals surface area contributed by atoms with Crippen molar-refractivity contribution in [3.8, 4) is 5.75 Å². The Balaban J connectivity index is 2.57. The van der Waals surface area contributed by atoms with Gasteiger partial charge in [0.25, 0.3) is 0 Å². The number of para-hydroxylation sites is 1. The number of amides is 1. The quantitative estimate of drug-likeness (QED) is 0.777. The standard InChI is InChI=1S/C19H25NO4/c1-6-20-13(4)18(19(22)24-12(2)3)15(11-17(20)21)14-9-7-8-10-16(14)23-5/h7-10,12,15H,6,11H2,1-5H3.